The van der Waals surface area contributed by atoms with E-state index in [1.54, 1.807) is 12.1 Å². The molecular formula is C24H36FN5. The molecule has 3 heterocycles. The number of guanidine groups is 1. The van der Waals surface area contributed by atoms with Crippen LogP contribution in [0.1, 0.15) is 31.7 Å². The van der Waals surface area contributed by atoms with E-state index in [1.165, 1.54) is 6.42 Å². The van der Waals surface area contributed by atoms with Crippen molar-refractivity contribution in [3.8, 4) is 0 Å². The van der Waals surface area contributed by atoms with Crippen molar-refractivity contribution in [3.63, 3.8) is 0 Å². The zero-order valence-corrected chi connectivity index (χ0v) is 18.3. The van der Waals surface area contributed by atoms with E-state index < -0.39 is 0 Å². The van der Waals surface area contributed by atoms with E-state index in [1.807, 2.05) is 12.1 Å². The molecule has 5 nitrogen and oxygen atoms in total. The van der Waals surface area contributed by atoms with E-state index in [2.05, 4.69) is 39.1 Å². The van der Waals surface area contributed by atoms with Gasteiger partial charge in [-0.15, -0.1) is 0 Å². The second kappa shape index (κ2) is 10.4. The lowest BCUT2D eigenvalue weighted by Gasteiger charge is -2.32. The minimum atomic E-state index is -0.0897. The number of rotatable bonds is 6. The van der Waals surface area contributed by atoms with Gasteiger partial charge in [0.25, 0.3) is 0 Å². The number of hydrogen-bond acceptors (Lipinski definition) is 3. The van der Waals surface area contributed by atoms with Gasteiger partial charge in [0.2, 0.25) is 0 Å². The molecule has 1 N–H and O–H groups in total. The Morgan fingerprint density at radius 3 is 2.60 bits per heavy atom. The summed E-state index contributed by atoms with van der Waals surface area (Å²) in [7, 11) is 0. The third-order valence-corrected chi connectivity index (χ3v) is 6.72. The van der Waals surface area contributed by atoms with Gasteiger partial charge < -0.3 is 10.2 Å². The van der Waals surface area contributed by atoms with Gasteiger partial charge in [0.15, 0.2) is 5.96 Å². The highest BCUT2D eigenvalue weighted by Gasteiger charge is 2.29. The van der Waals surface area contributed by atoms with Crippen molar-refractivity contribution in [2.75, 3.05) is 52.4 Å². The largest absolute Gasteiger partial charge is 0.357 e. The predicted molar refractivity (Wildman–Crippen MR) is 121 cm³/mol. The number of likely N-dealkylation sites (tertiary alicyclic amines) is 2. The Labute approximate surface area is 180 Å². The van der Waals surface area contributed by atoms with Crippen molar-refractivity contribution in [2.45, 2.75) is 38.8 Å². The van der Waals surface area contributed by atoms with Crippen LogP contribution in [0.2, 0.25) is 0 Å². The van der Waals surface area contributed by atoms with Gasteiger partial charge in [-0.2, -0.15) is 0 Å². The first-order valence-corrected chi connectivity index (χ1v) is 11.6. The van der Waals surface area contributed by atoms with Crippen molar-refractivity contribution in [1.29, 1.82) is 0 Å². The number of nitrogens with one attached hydrogen (secondary N) is 1. The molecule has 2 saturated heterocycles. The minimum Gasteiger partial charge on any atom is -0.357 e. The van der Waals surface area contributed by atoms with Crippen LogP contribution in [0.5, 0.6) is 0 Å². The molecule has 0 saturated carbocycles. The quantitative estimate of drug-likeness (QED) is 0.442. The van der Waals surface area contributed by atoms with Gasteiger partial charge in [0.05, 0.1) is 0 Å². The van der Waals surface area contributed by atoms with E-state index in [0.29, 0.717) is 18.5 Å². The molecule has 0 aliphatic carbocycles. The molecule has 0 aromatic heterocycles. The lowest BCUT2D eigenvalue weighted by Crippen LogP contribution is -2.43. The van der Waals surface area contributed by atoms with Gasteiger partial charge in [-0.3, -0.25) is 14.8 Å². The first-order valence-electron chi connectivity index (χ1n) is 11.6. The van der Waals surface area contributed by atoms with Gasteiger partial charge in [0.1, 0.15) is 5.82 Å². The molecule has 0 bridgehead atoms. The Kier molecular flexibility index (Phi) is 7.39. The summed E-state index contributed by atoms with van der Waals surface area (Å²) in [6.07, 6.45) is 8.06. The normalized spacial score (nSPS) is 24.1. The smallest absolute Gasteiger partial charge is 0.193 e. The molecule has 1 aromatic carbocycles. The molecule has 0 radical (unpaired) electrons. The monoisotopic (exact) mass is 413 g/mol. The van der Waals surface area contributed by atoms with E-state index in [0.717, 1.165) is 76.7 Å². The van der Waals surface area contributed by atoms with E-state index in [4.69, 9.17) is 4.99 Å². The maximum atomic E-state index is 13.9. The first-order chi connectivity index (χ1) is 14.7. The SMILES string of the molecule is CCNC(=NCC1CCN(Cc2ccccc2F)CC1)N1CCC(N2CC=CC2)C1. The lowest BCUT2D eigenvalue weighted by molar-refractivity contribution is 0.178. The number of aliphatic imine (C=N–C) groups is 1. The number of halogens is 1. The Morgan fingerprint density at radius 2 is 1.87 bits per heavy atom. The Hall–Kier alpha value is -1.92. The second-order valence-corrected chi connectivity index (χ2v) is 8.82. The van der Waals surface area contributed by atoms with Gasteiger partial charge in [0, 0.05) is 57.4 Å². The van der Waals surface area contributed by atoms with Gasteiger partial charge in [-0.1, -0.05) is 30.4 Å². The highest BCUT2D eigenvalue weighted by Crippen LogP contribution is 2.21. The topological polar surface area (TPSA) is 34.1 Å². The molecular weight excluding hydrogens is 377 g/mol. The van der Waals surface area contributed by atoms with Crippen LogP contribution < -0.4 is 5.32 Å². The van der Waals surface area contributed by atoms with E-state index >= 15 is 0 Å². The number of piperidine rings is 1. The van der Waals surface area contributed by atoms with Crippen molar-refractivity contribution >= 4 is 5.96 Å². The zero-order chi connectivity index (χ0) is 20.8. The Morgan fingerprint density at radius 1 is 1.10 bits per heavy atom. The maximum absolute atomic E-state index is 13.9. The molecule has 3 aliphatic heterocycles. The summed E-state index contributed by atoms with van der Waals surface area (Å²) >= 11 is 0. The molecule has 1 aromatic rings. The van der Waals surface area contributed by atoms with E-state index in [-0.39, 0.29) is 5.82 Å². The summed E-state index contributed by atoms with van der Waals surface area (Å²) in [6, 6.07) is 7.78. The van der Waals surface area contributed by atoms with Crippen LogP contribution in [0.3, 0.4) is 0 Å². The van der Waals surface area contributed by atoms with Crippen LogP contribution >= 0.6 is 0 Å². The van der Waals surface area contributed by atoms with Crippen LogP contribution in [0.4, 0.5) is 4.39 Å². The summed E-state index contributed by atoms with van der Waals surface area (Å²) < 4.78 is 13.9. The fraction of sp³-hybridized carbons (Fsp3) is 0.625. The fourth-order valence-corrected chi connectivity index (χ4v) is 4.86. The first kappa shape index (κ1) is 21.3. The van der Waals surface area contributed by atoms with Crippen LogP contribution in [-0.2, 0) is 6.54 Å². The molecule has 4 rings (SSSR count). The molecule has 1 unspecified atom stereocenters. The summed E-state index contributed by atoms with van der Waals surface area (Å²) in [4.78, 5) is 12.4. The maximum Gasteiger partial charge on any atom is 0.193 e. The molecule has 2 fully saturated rings. The standard InChI is InChI=1S/C24H36FN5/c1-2-26-24(30-16-11-22(19-30)29-12-5-6-13-29)27-17-20-9-14-28(15-10-20)18-21-7-3-4-8-23(21)25/h3-8,20,22H,2,9-19H2,1H3,(H,26,27). The van der Waals surface area contributed by atoms with Gasteiger partial charge in [-0.25, -0.2) is 4.39 Å². The molecule has 30 heavy (non-hydrogen) atoms. The number of benzene rings is 1. The van der Waals surface area contributed by atoms with Gasteiger partial charge >= 0.3 is 0 Å². The van der Waals surface area contributed by atoms with Crippen molar-refractivity contribution in [1.82, 2.24) is 20.0 Å². The van der Waals surface area contributed by atoms with Crippen molar-refractivity contribution in [2.24, 2.45) is 10.9 Å². The fourth-order valence-electron chi connectivity index (χ4n) is 4.86. The highest BCUT2D eigenvalue weighted by atomic mass is 19.1. The highest BCUT2D eigenvalue weighted by molar-refractivity contribution is 5.80. The average molecular weight is 414 g/mol. The molecule has 1 atom stereocenters. The van der Waals surface area contributed by atoms with Crippen LogP contribution in [0, 0.1) is 11.7 Å². The third-order valence-electron chi connectivity index (χ3n) is 6.72. The summed E-state index contributed by atoms with van der Waals surface area (Å²) in [5, 5.41) is 3.51. The molecule has 0 amide bonds. The number of hydrogen-bond donors (Lipinski definition) is 1. The van der Waals surface area contributed by atoms with Crippen LogP contribution in [0.25, 0.3) is 0 Å². The summed E-state index contributed by atoms with van der Waals surface area (Å²) in [5.41, 5.74) is 0.806. The molecule has 6 heteroatoms. The van der Waals surface area contributed by atoms with Crippen LogP contribution in [0.15, 0.2) is 41.4 Å². The molecule has 164 valence electrons. The molecule has 0 spiro atoms. The Bertz CT molecular complexity index is 733. The van der Waals surface area contributed by atoms with Crippen molar-refractivity contribution < 1.29 is 4.39 Å². The average Bonchev–Trinajstić information content (AvgIpc) is 3.46. The lowest BCUT2D eigenvalue weighted by atomic mass is 9.96. The molecule has 3 aliphatic rings. The minimum absolute atomic E-state index is 0.0897. The van der Waals surface area contributed by atoms with E-state index in [9.17, 15) is 4.39 Å². The van der Waals surface area contributed by atoms with Crippen molar-refractivity contribution in [3.05, 3.63) is 47.8 Å². The second-order valence-electron chi connectivity index (χ2n) is 8.82. The third kappa shape index (κ3) is 5.41. The van der Waals surface area contributed by atoms with Gasteiger partial charge in [-0.05, 0) is 51.3 Å². The predicted octanol–water partition coefficient (Wildman–Crippen LogP) is 2.95. The Balaban J connectivity index is 1.25. The summed E-state index contributed by atoms with van der Waals surface area (Å²) in [6.45, 7) is 11.1. The summed E-state index contributed by atoms with van der Waals surface area (Å²) in [5.74, 6) is 1.62. The zero-order valence-electron chi connectivity index (χ0n) is 18.3. The van der Waals surface area contributed by atoms with Crippen LogP contribution in [-0.4, -0.2) is 79.1 Å². The number of nitrogens with zero attached hydrogens (tertiary/aromatic N) is 4.